The van der Waals surface area contributed by atoms with Gasteiger partial charge in [-0.1, -0.05) is 44.4 Å². The number of hydrogen-bond acceptors (Lipinski definition) is 8. The van der Waals surface area contributed by atoms with Gasteiger partial charge in [-0.15, -0.1) is 0 Å². The van der Waals surface area contributed by atoms with E-state index in [2.05, 4.69) is 49.3 Å². The quantitative estimate of drug-likeness (QED) is 0.164. The SMILES string of the molecule is CCCCOP(=O)(CN(c1ccnc(Nc2ccc(C#N)cc2)n1)c1c(C)cc(C)cc1C)OCCCC. The molecule has 0 aliphatic heterocycles. The smallest absolute Gasteiger partial charge is 0.324 e. The van der Waals surface area contributed by atoms with Gasteiger partial charge in [-0.2, -0.15) is 10.2 Å². The highest BCUT2D eigenvalue weighted by Gasteiger charge is 2.31. The summed E-state index contributed by atoms with van der Waals surface area (Å²) in [5.41, 5.74) is 5.47. The maximum atomic E-state index is 14.1. The molecule has 0 bridgehead atoms. The molecule has 1 N–H and O–H groups in total. The first-order valence-electron chi connectivity index (χ1n) is 13.1. The highest BCUT2D eigenvalue weighted by Crippen LogP contribution is 2.51. The van der Waals surface area contributed by atoms with Gasteiger partial charge in [-0.25, -0.2) is 4.98 Å². The Bertz CT molecular complexity index is 1250. The zero-order chi connectivity index (χ0) is 27.5. The molecule has 0 atom stereocenters. The lowest BCUT2D eigenvalue weighted by Gasteiger charge is -2.31. The summed E-state index contributed by atoms with van der Waals surface area (Å²) in [5.74, 6) is 0.956. The van der Waals surface area contributed by atoms with Crippen LogP contribution in [-0.2, 0) is 13.6 Å². The van der Waals surface area contributed by atoms with Crippen LogP contribution in [0.25, 0.3) is 0 Å². The topological polar surface area (TPSA) is 100 Å². The van der Waals surface area contributed by atoms with Crippen LogP contribution in [0.5, 0.6) is 0 Å². The van der Waals surface area contributed by atoms with E-state index in [1.807, 2.05) is 18.7 Å². The van der Waals surface area contributed by atoms with Crippen molar-refractivity contribution in [1.29, 1.82) is 5.26 Å². The molecule has 2 aromatic carbocycles. The Morgan fingerprint density at radius 3 is 2.13 bits per heavy atom. The summed E-state index contributed by atoms with van der Waals surface area (Å²) in [6.07, 6.45) is 5.17. The fraction of sp³-hybridized carbons (Fsp3) is 0.414. The lowest BCUT2D eigenvalue weighted by atomic mass is 10.0. The normalized spacial score (nSPS) is 11.3. The molecule has 0 radical (unpaired) electrons. The van der Waals surface area contributed by atoms with Gasteiger partial charge in [-0.3, -0.25) is 4.57 Å². The molecule has 0 unspecified atom stereocenters. The molecule has 0 fully saturated rings. The van der Waals surface area contributed by atoms with E-state index in [0.29, 0.717) is 30.5 Å². The van der Waals surface area contributed by atoms with Gasteiger partial charge >= 0.3 is 7.60 Å². The Labute approximate surface area is 226 Å². The fourth-order valence-corrected chi connectivity index (χ4v) is 5.85. The van der Waals surface area contributed by atoms with Crippen molar-refractivity contribution in [2.45, 2.75) is 60.3 Å². The molecule has 202 valence electrons. The van der Waals surface area contributed by atoms with E-state index in [0.717, 1.165) is 53.7 Å². The zero-order valence-corrected chi connectivity index (χ0v) is 23.9. The van der Waals surface area contributed by atoms with Crippen LogP contribution in [0.1, 0.15) is 61.8 Å². The number of rotatable bonds is 14. The molecule has 3 rings (SSSR count). The molecule has 0 aliphatic rings. The van der Waals surface area contributed by atoms with Crippen molar-refractivity contribution in [3.8, 4) is 6.07 Å². The van der Waals surface area contributed by atoms with Crippen LogP contribution < -0.4 is 10.2 Å². The van der Waals surface area contributed by atoms with Gasteiger partial charge in [0.25, 0.3) is 0 Å². The molecule has 8 nitrogen and oxygen atoms in total. The van der Waals surface area contributed by atoms with Gasteiger partial charge in [0.05, 0.1) is 24.8 Å². The molecule has 38 heavy (non-hydrogen) atoms. The van der Waals surface area contributed by atoms with E-state index in [1.54, 1.807) is 36.5 Å². The number of nitriles is 1. The summed E-state index contributed by atoms with van der Waals surface area (Å²) in [5, 5.41) is 12.3. The Hall–Kier alpha value is -3.24. The number of aromatic nitrogens is 2. The molecular weight excluding hydrogens is 497 g/mol. The van der Waals surface area contributed by atoms with Crippen molar-refractivity contribution in [3.63, 3.8) is 0 Å². The molecular formula is C29H38N5O3P. The summed E-state index contributed by atoms with van der Waals surface area (Å²) in [4.78, 5) is 11.1. The Kier molecular flexibility index (Phi) is 10.8. The standard InChI is InChI=1S/C29H38N5O3P/c1-6-8-16-36-38(35,37-17-9-7-2)21-34(28-23(4)18-22(3)19-24(28)5)27-14-15-31-29(33-27)32-26-12-10-25(20-30)11-13-26/h10-15,18-19H,6-9,16-17,21H2,1-5H3,(H,31,32,33). The first kappa shape index (κ1) is 29.3. The molecule has 0 aliphatic carbocycles. The maximum absolute atomic E-state index is 14.1. The molecule has 3 aromatic rings. The zero-order valence-electron chi connectivity index (χ0n) is 23.0. The Morgan fingerprint density at radius 2 is 1.58 bits per heavy atom. The van der Waals surface area contributed by atoms with E-state index in [1.165, 1.54) is 0 Å². The van der Waals surface area contributed by atoms with Crippen molar-refractivity contribution in [3.05, 3.63) is 70.9 Å². The summed E-state index contributed by atoms with van der Waals surface area (Å²) >= 11 is 0. The largest absolute Gasteiger partial charge is 0.350 e. The van der Waals surface area contributed by atoms with Crippen molar-refractivity contribution in [2.24, 2.45) is 0 Å². The summed E-state index contributed by atoms with van der Waals surface area (Å²) < 4.78 is 26.0. The summed E-state index contributed by atoms with van der Waals surface area (Å²) in [6, 6.07) is 15.2. The minimum absolute atomic E-state index is 0.0263. The number of benzene rings is 2. The first-order chi connectivity index (χ1) is 18.3. The molecule has 1 aromatic heterocycles. The third-order valence-corrected chi connectivity index (χ3v) is 7.76. The second kappa shape index (κ2) is 14.1. The van der Waals surface area contributed by atoms with Crippen LogP contribution in [0.2, 0.25) is 0 Å². The molecule has 0 spiro atoms. The van der Waals surface area contributed by atoms with E-state index in [-0.39, 0.29) is 6.29 Å². The third kappa shape index (κ3) is 8.13. The lowest BCUT2D eigenvalue weighted by Crippen LogP contribution is -2.24. The van der Waals surface area contributed by atoms with Crippen molar-refractivity contribution in [2.75, 3.05) is 29.7 Å². The predicted octanol–water partition coefficient (Wildman–Crippen LogP) is 7.94. The van der Waals surface area contributed by atoms with Crippen LogP contribution in [-0.4, -0.2) is 29.5 Å². The van der Waals surface area contributed by atoms with Gasteiger partial charge in [0, 0.05) is 17.6 Å². The average molecular weight is 536 g/mol. The molecule has 0 saturated carbocycles. The number of nitrogens with zero attached hydrogens (tertiary/aromatic N) is 4. The average Bonchev–Trinajstić information content (AvgIpc) is 2.88. The van der Waals surface area contributed by atoms with Crippen molar-refractivity contribution in [1.82, 2.24) is 9.97 Å². The number of unbranched alkanes of at least 4 members (excludes halogenated alkanes) is 2. The minimum Gasteiger partial charge on any atom is -0.324 e. The Morgan fingerprint density at radius 1 is 0.974 bits per heavy atom. The van der Waals surface area contributed by atoms with Gasteiger partial charge in [0.2, 0.25) is 5.95 Å². The molecule has 1 heterocycles. The lowest BCUT2D eigenvalue weighted by molar-refractivity contribution is 0.200. The van der Waals surface area contributed by atoms with Crippen LogP contribution in [0.3, 0.4) is 0 Å². The van der Waals surface area contributed by atoms with Crippen molar-refractivity contribution < 1.29 is 13.6 Å². The van der Waals surface area contributed by atoms with Crippen LogP contribution >= 0.6 is 7.60 Å². The second-order valence-corrected chi connectivity index (χ2v) is 11.4. The van der Waals surface area contributed by atoms with Gasteiger partial charge < -0.3 is 19.3 Å². The summed E-state index contributed by atoms with van der Waals surface area (Å²) in [6.45, 7) is 11.0. The predicted molar refractivity (Wildman–Crippen MR) is 153 cm³/mol. The highest BCUT2D eigenvalue weighted by atomic mass is 31.2. The Balaban J connectivity index is 2.02. The fourth-order valence-electron chi connectivity index (χ4n) is 4.16. The van der Waals surface area contributed by atoms with E-state index < -0.39 is 7.60 Å². The maximum Gasteiger partial charge on any atom is 0.350 e. The first-order valence-corrected chi connectivity index (χ1v) is 14.8. The van der Waals surface area contributed by atoms with Crippen molar-refractivity contribution >= 4 is 30.7 Å². The number of aryl methyl sites for hydroxylation is 3. The van der Waals surface area contributed by atoms with Gasteiger partial charge in [0.1, 0.15) is 12.1 Å². The monoisotopic (exact) mass is 535 g/mol. The minimum atomic E-state index is -3.49. The van der Waals surface area contributed by atoms with E-state index in [9.17, 15) is 4.57 Å². The summed E-state index contributed by atoms with van der Waals surface area (Å²) in [7, 11) is -3.49. The molecule has 9 heteroatoms. The molecule has 0 amide bonds. The van der Waals surface area contributed by atoms with E-state index in [4.69, 9.17) is 19.3 Å². The highest BCUT2D eigenvalue weighted by molar-refractivity contribution is 7.54. The third-order valence-electron chi connectivity index (χ3n) is 5.98. The number of hydrogen-bond donors (Lipinski definition) is 1. The van der Waals surface area contributed by atoms with E-state index >= 15 is 0 Å². The van der Waals surface area contributed by atoms with Crippen LogP contribution in [0, 0.1) is 32.1 Å². The van der Waals surface area contributed by atoms with Gasteiger partial charge in [0.15, 0.2) is 0 Å². The number of nitrogens with one attached hydrogen (secondary N) is 1. The van der Waals surface area contributed by atoms with Gasteiger partial charge in [-0.05, 0) is 75.1 Å². The number of anilines is 4. The second-order valence-electron chi connectivity index (χ2n) is 9.35. The molecule has 0 saturated heterocycles. The van der Waals surface area contributed by atoms with Crippen LogP contribution in [0.15, 0.2) is 48.7 Å². The van der Waals surface area contributed by atoms with Crippen LogP contribution in [0.4, 0.5) is 23.1 Å².